The molecular formula is C16H17FN2O2. The van der Waals surface area contributed by atoms with Crippen molar-refractivity contribution >= 4 is 23.1 Å². The van der Waals surface area contributed by atoms with Crippen LogP contribution in [0.25, 0.3) is 0 Å². The van der Waals surface area contributed by atoms with Crippen LogP contribution in [0.4, 0.5) is 15.8 Å². The second-order valence-corrected chi connectivity index (χ2v) is 6.23. The maximum atomic E-state index is 14.5. The molecule has 5 heteroatoms. The largest absolute Gasteiger partial charge is 0.366 e. The minimum Gasteiger partial charge on any atom is -0.366 e. The summed E-state index contributed by atoms with van der Waals surface area (Å²) in [4.78, 5) is 25.2. The third kappa shape index (κ3) is 1.87. The van der Waals surface area contributed by atoms with E-state index < -0.39 is 17.5 Å². The van der Waals surface area contributed by atoms with Gasteiger partial charge in [-0.15, -0.1) is 0 Å². The summed E-state index contributed by atoms with van der Waals surface area (Å²) in [6, 6.07) is 3.25. The quantitative estimate of drug-likeness (QED) is 0.808. The molecule has 1 aromatic rings. The number of hydrogen-bond donors (Lipinski definition) is 1. The highest BCUT2D eigenvalue weighted by molar-refractivity contribution is 6.51. The predicted octanol–water partition coefficient (Wildman–Crippen LogP) is 2.73. The minimum absolute atomic E-state index is 0.154. The molecule has 1 saturated heterocycles. The van der Waals surface area contributed by atoms with Gasteiger partial charge in [-0.25, -0.2) is 4.39 Å². The first kappa shape index (κ1) is 12.8. The summed E-state index contributed by atoms with van der Waals surface area (Å²) in [5.74, 6) is -1.06. The molecule has 110 valence electrons. The van der Waals surface area contributed by atoms with Crippen LogP contribution in [-0.2, 0) is 4.79 Å². The second kappa shape index (κ2) is 4.55. The zero-order chi connectivity index (χ0) is 14.6. The van der Waals surface area contributed by atoms with Gasteiger partial charge in [0.1, 0.15) is 5.82 Å². The van der Waals surface area contributed by atoms with E-state index in [0.717, 1.165) is 19.4 Å². The van der Waals surface area contributed by atoms with E-state index in [9.17, 15) is 14.0 Å². The number of nitrogens with zero attached hydrogens (tertiary/aromatic N) is 1. The molecule has 1 N–H and O–H groups in total. The van der Waals surface area contributed by atoms with Crippen molar-refractivity contribution in [1.29, 1.82) is 0 Å². The molecule has 2 heterocycles. The van der Waals surface area contributed by atoms with E-state index in [-0.39, 0.29) is 5.56 Å². The van der Waals surface area contributed by atoms with Crippen molar-refractivity contribution in [3.63, 3.8) is 0 Å². The minimum atomic E-state index is -0.668. The Bertz CT molecular complexity index is 643. The molecule has 1 aliphatic carbocycles. The lowest BCUT2D eigenvalue weighted by Gasteiger charge is -2.39. The lowest BCUT2D eigenvalue weighted by molar-refractivity contribution is -0.112. The van der Waals surface area contributed by atoms with Crippen molar-refractivity contribution in [3.05, 3.63) is 23.5 Å². The summed E-state index contributed by atoms with van der Waals surface area (Å²) in [6.45, 7) is 0.846. The molecule has 0 bridgehead atoms. The monoisotopic (exact) mass is 288 g/mol. The number of fused-ring (bicyclic) bond motifs is 2. The summed E-state index contributed by atoms with van der Waals surface area (Å²) in [7, 11) is 0. The summed E-state index contributed by atoms with van der Waals surface area (Å²) in [5.41, 5.74) is 1.13. The van der Waals surface area contributed by atoms with E-state index in [0.29, 0.717) is 23.3 Å². The van der Waals surface area contributed by atoms with Crippen LogP contribution in [-0.4, -0.2) is 24.3 Å². The molecule has 0 radical (unpaired) electrons. The Morgan fingerprint density at radius 2 is 1.95 bits per heavy atom. The standard InChI is InChI=1S/C16H17FN2O2/c17-11-7-10-12(18-16(21)15(10)20)8-14(11)19-6-2-4-9-3-1-5-13(9)19/h7-9,13H,1-6H2,(H,18,20,21). The van der Waals surface area contributed by atoms with Crippen molar-refractivity contribution in [1.82, 2.24) is 0 Å². The average Bonchev–Trinajstić information content (AvgIpc) is 3.05. The van der Waals surface area contributed by atoms with E-state index in [2.05, 4.69) is 10.2 Å². The smallest absolute Gasteiger partial charge is 0.296 e. The maximum Gasteiger partial charge on any atom is 0.296 e. The number of amides is 1. The van der Waals surface area contributed by atoms with Gasteiger partial charge in [0.25, 0.3) is 11.7 Å². The van der Waals surface area contributed by atoms with Crippen molar-refractivity contribution < 1.29 is 14.0 Å². The molecule has 4 nitrogen and oxygen atoms in total. The summed E-state index contributed by atoms with van der Waals surface area (Å²) < 4.78 is 14.5. The van der Waals surface area contributed by atoms with Crippen LogP contribution in [0.15, 0.2) is 12.1 Å². The van der Waals surface area contributed by atoms with E-state index in [1.54, 1.807) is 6.07 Å². The molecule has 21 heavy (non-hydrogen) atoms. The molecule has 2 atom stereocenters. The molecule has 1 aromatic carbocycles. The van der Waals surface area contributed by atoms with Crippen molar-refractivity contribution in [2.24, 2.45) is 5.92 Å². The molecule has 1 amide bonds. The van der Waals surface area contributed by atoms with Crippen LogP contribution < -0.4 is 10.2 Å². The number of Topliss-reactive ketones (excluding diaryl/α,β-unsaturated/α-hetero) is 1. The molecule has 4 rings (SSSR count). The van der Waals surface area contributed by atoms with E-state index in [1.165, 1.54) is 25.3 Å². The Hall–Kier alpha value is -1.91. The Kier molecular flexibility index (Phi) is 2.77. The highest BCUT2D eigenvalue weighted by atomic mass is 19.1. The van der Waals surface area contributed by atoms with Gasteiger partial charge in [0.2, 0.25) is 0 Å². The fourth-order valence-corrected chi connectivity index (χ4v) is 4.13. The van der Waals surface area contributed by atoms with Gasteiger partial charge in [-0.1, -0.05) is 6.42 Å². The first-order chi connectivity index (χ1) is 10.1. The Labute approximate surface area is 122 Å². The van der Waals surface area contributed by atoms with Crippen molar-refractivity contribution in [3.8, 4) is 0 Å². The summed E-state index contributed by atoms with van der Waals surface area (Å²) >= 11 is 0. The first-order valence-corrected chi connectivity index (χ1v) is 7.61. The molecule has 0 spiro atoms. The SMILES string of the molecule is O=C1Nc2cc(N3CCCC4CCCC43)c(F)cc2C1=O. The molecule has 2 aliphatic heterocycles. The second-order valence-electron chi connectivity index (χ2n) is 6.23. The lowest BCUT2D eigenvalue weighted by atomic mass is 9.91. The summed E-state index contributed by atoms with van der Waals surface area (Å²) in [5, 5.41) is 2.53. The fraction of sp³-hybridized carbons (Fsp3) is 0.500. The molecule has 2 unspecified atom stereocenters. The number of hydrogen-bond acceptors (Lipinski definition) is 3. The molecule has 3 aliphatic rings. The third-order valence-electron chi connectivity index (χ3n) is 5.09. The van der Waals surface area contributed by atoms with Crippen LogP contribution in [0.1, 0.15) is 42.5 Å². The van der Waals surface area contributed by atoms with Gasteiger partial charge in [0.05, 0.1) is 16.9 Å². The summed E-state index contributed by atoms with van der Waals surface area (Å²) in [6.07, 6.45) is 5.83. The van der Waals surface area contributed by atoms with Gasteiger partial charge in [-0.2, -0.15) is 0 Å². The van der Waals surface area contributed by atoms with Gasteiger partial charge in [-0.05, 0) is 43.7 Å². The topological polar surface area (TPSA) is 49.4 Å². The predicted molar refractivity (Wildman–Crippen MR) is 77.1 cm³/mol. The van der Waals surface area contributed by atoms with E-state index >= 15 is 0 Å². The molecule has 2 fully saturated rings. The van der Waals surface area contributed by atoms with Crippen molar-refractivity contribution in [2.45, 2.75) is 38.1 Å². The zero-order valence-corrected chi connectivity index (χ0v) is 11.7. The highest BCUT2D eigenvalue weighted by Gasteiger charge is 2.37. The van der Waals surface area contributed by atoms with Gasteiger partial charge < -0.3 is 10.2 Å². The number of nitrogens with one attached hydrogen (secondary N) is 1. The van der Waals surface area contributed by atoms with Crippen LogP contribution >= 0.6 is 0 Å². The highest BCUT2D eigenvalue weighted by Crippen LogP contribution is 2.41. The van der Waals surface area contributed by atoms with Crippen LogP contribution in [0.2, 0.25) is 0 Å². The van der Waals surface area contributed by atoms with Gasteiger partial charge >= 0.3 is 0 Å². The maximum absolute atomic E-state index is 14.5. The van der Waals surface area contributed by atoms with Crippen molar-refractivity contribution in [2.75, 3.05) is 16.8 Å². The number of ketones is 1. The Morgan fingerprint density at radius 3 is 2.81 bits per heavy atom. The number of anilines is 2. The van der Waals surface area contributed by atoms with Crippen LogP contribution in [0.5, 0.6) is 0 Å². The van der Waals surface area contributed by atoms with E-state index in [4.69, 9.17) is 0 Å². The van der Waals surface area contributed by atoms with Gasteiger partial charge in [-0.3, -0.25) is 9.59 Å². The Balaban J connectivity index is 1.74. The number of piperidine rings is 1. The normalized spacial score (nSPS) is 27.6. The number of carbonyl (C=O) groups is 2. The van der Waals surface area contributed by atoms with E-state index in [1.807, 2.05) is 0 Å². The first-order valence-electron chi connectivity index (χ1n) is 7.61. The molecule has 0 aromatic heterocycles. The van der Waals surface area contributed by atoms with Crippen LogP contribution in [0, 0.1) is 11.7 Å². The number of benzene rings is 1. The average molecular weight is 288 g/mol. The third-order valence-corrected chi connectivity index (χ3v) is 5.09. The van der Waals surface area contributed by atoms with Gasteiger partial charge in [0.15, 0.2) is 0 Å². The number of rotatable bonds is 1. The zero-order valence-electron chi connectivity index (χ0n) is 11.7. The van der Waals surface area contributed by atoms with Crippen LogP contribution in [0.3, 0.4) is 0 Å². The molecule has 1 saturated carbocycles. The number of carbonyl (C=O) groups excluding carboxylic acids is 2. The Morgan fingerprint density at radius 1 is 1.14 bits per heavy atom. The molecular weight excluding hydrogens is 271 g/mol. The number of halogens is 1. The van der Waals surface area contributed by atoms with Gasteiger partial charge in [0, 0.05) is 12.6 Å². The fourth-order valence-electron chi connectivity index (χ4n) is 4.13. The lowest BCUT2D eigenvalue weighted by Crippen LogP contribution is -2.43.